The Morgan fingerprint density at radius 3 is 2.34 bits per heavy atom. The SMILES string of the molecule is CCN(CC)S(=O)(=O)c1ccc(OC)c(NC(=O)CN[C@H](C)c2ccccc2)c1. The molecule has 0 aromatic heterocycles. The standard InChI is InChI=1S/C21H29N3O4S/c1-5-24(6-2)29(26,27)18-12-13-20(28-4)19(14-18)23-21(25)15-22-16(3)17-10-8-7-9-11-17/h7-14,16,22H,5-6,15H2,1-4H3,(H,23,25)/t16-/m1/s1. The second-order valence-electron chi connectivity index (χ2n) is 6.51. The quantitative estimate of drug-likeness (QED) is 0.618. The zero-order valence-corrected chi connectivity index (χ0v) is 18.1. The Hall–Kier alpha value is -2.42. The number of rotatable bonds is 10. The highest BCUT2D eigenvalue weighted by molar-refractivity contribution is 7.89. The fraction of sp³-hybridized carbons (Fsp3) is 0.381. The third kappa shape index (κ3) is 5.79. The Morgan fingerprint density at radius 2 is 1.76 bits per heavy atom. The number of sulfonamides is 1. The Labute approximate surface area is 173 Å². The van der Waals surface area contributed by atoms with E-state index in [9.17, 15) is 13.2 Å². The van der Waals surface area contributed by atoms with Crippen LogP contribution in [-0.4, -0.2) is 45.4 Å². The largest absolute Gasteiger partial charge is 0.495 e. The van der Waals surface area contributed by atoms with E-state index in [-0.39, 0.29) is 23.4 Å². The lowest BCUT2D eigenvalue weighted by atomic mass is 10.1. The molecule has 0 radical (unpaired) electrons. The molecule has 0 aliphatic carbocycles. The fourth-order valence-corrected chi connectivity index (χ4v) is 4.44. The summed E-state index contributed by atoms with van der Waals surface area (Å²) in [5.74, 6) is 0.108. The lowest BCUT2D eigenvalue weighted by Crippen LogP contribution is -2.31. The molecular weight excluding hydrogens is 390 g/mol. The van der Waals surface area contributed by atoms with Gasteiger partial charge in [0.1, 0.15) is 5.75 Å². The second-order valence-corrected chi connectivity index (χ2v) is 8.45. The minimum Gasteiger partial charge on any atom is -0.495 e. The van der Waals surface area contributed by atoms with Crippen LogP contribution in [0.3, 0.4) is 0 Å². The monoisotopic (exact) mass is 419 g/mol. The maximum Gasteiger partial charge on any atom is 0.243 e. The second kappa shape index (κ2) is 10.4. The van der Waals surface area contributed by atoms with Crippen molar-refractivity contribution in [3.05, 3.63) is 54.1 Å². The van der Waals surface area contributed by atoms with Crippen LogP contribution >= 0.6 is 0 Å². The zero-order valence-electron chi connectivity index (χ0n) is 17.3. The predicted molar refractivity (Wildman–Crippen MR) is 115 cm³/mol. The molecular formula is C21H29N3O4S. The molecule has 0 heterocycles. The van der Waals surface area contributed by atoms with E-state index in [0.29, 0.717) is 24.5 Å². The van der Waals surface area contributed by atoms with E-state index in [2.05, 4.69) is 10.6 Å². The number of methoxy groups -OCH3 is 1. The summed E-state index contributed by atoms with van der Waals surface area (Å²) in [5.41, 5.74) is 1.39. The molecule has 158 valence electrons. The lowest BCUT2D eigenvalue weighted by molar-refractivity contribution is -0.115. The van der Waals surface area contributed by atoms with E-state index in [4.69, 9.17) is 4.74 Å². The molecule has 1 amide bonds. The van der Waals surface area contributed by atoms with Crippen molar-refractivity contribution in [1.82, 2.24) is 9.62 Å². The molecule has 7 nitrogen and oxygen atoms in total. The van der Waals surface area contributed by atoms with E-state index in [0.717, 1.165) is 5.56 Å². The number of hydrogen-bond donors (Lipinski definition) is 2. The summed E-state index contributed by atoms with van der Waals surface area (Å²) in [6, 6.07) is 14.3. The minimum atomic E-state index is -3.64. The van der Waals surface area contributed by atoms with Crippen molar-refractivity contribution in [2.45, 2.75) is 31.7 Å². The van der Waals surface area contributed by atoms with Crippen LogP contribution < -0.4 is 15.4 Å². The Kier molecular flexibility index (Phi) is 8.19. The van der Waals surface area contributed by atoms with Crippen LogP contribution in [0.25, 0.3) is 0 Å². The first-order valence-corrected chi connectivity index (χ1v) is 11.0. The van der Waals surface area contributed by atoms with Crippen molar-refractivity contribution >= 4 is 21.6 Å². The molecule has 2 aromatic carbocycles. The van der Waals surface area contributed by atoms with E-state index < -0.39 is 10.0 Å². The highest BCUT2D eigenvalue weighted by Crippen LogP contribution is 2.29. The van der Waals surface area contributed by atoms with Crippen LogP contribution in [0.1, 0.15) is 32.4 Å². The van der Waals surface area contributed by atoms with Gasteiger partial charge in [0, 0.05) is 19.1 Å². The summed E-state index contributed by atoms with van der Waals surface area (Å²) in [6.07, 6.45) is 0. The summed E-state index contributed by atoms with van der Waals surface area (Å²) >= 11 is 0. The molecule has 8 heteroatoms. The molecule has 0 unspecified atom stereocenters. The molecule has 0 fully saturated rings. The van der Waals surface area contributed by atoms with Crippen molar-refractivity contribution in [2.75, 3.05) is 32.1 Å². The van der Waals surface area contributed by atoms with Crippen LogP contribution in [-0.2, 0) is 14.8 Å². The molecule has 2 rings (SSSR count). The summed E-state index contributed by atoms with van der Waals surface area (Å²) in [4.78, 5) is 12.5. The number of ether oxygens (including phenoxy) is 1. The van der Waals surface area contributed by atoms with Crippen LogP contribution in [0, 0.1) is 0 Å². The zero-order chi connectivity index (χ0) is 21.4. The first kappa shape index (κ1) is 22.9. The summed E-state index contributed by atoms with van der Waals surface area (Å²) in [7, 11) is -2.16. The van der Waals surface area contributed by atoms with Gasteiger partial charge in [-0.05, 0) is 30.7 Å². The molecule has 1 atom stereocenters. The highest BCUT2D eigenvalue weighted by Gasteiger charge is 2.23. The topological polar surface area (TPSA) is 87.7 Å². The lowest BCUT2D eigenvalue weighted by Gasteiger charge is -2.20. The summed E-state index contributed by atoms with van der Waals surface area (Å²) < 4.78 is 32.2. The molecule has 0 bridgehead atoms. The number of benzene rings is 2. The first-order valence-electron chi connectivity index (χ1n) is 9.59. The Balaban J connectivity index is 2.13. The van der Waals surface area contributed by atoms with Gasteiger partial charge in [-0.1, -0.05) is 44.2 Å². The van der Waals surface area contributed by atoms with Crippen molar-refractivity contribution in [3.8, 4) is 5.75 Å². The van der Waals surface area contributed by atoms with Gasteiger partial charge >= 0.3 is 0 Å². The summed E-state index contributed by atoms with van der Waals surface area (Å²) in [5, 5.41) is 5.90. The smallest absolute Gasteiger partial charge is 0.243 e. The number of amides is 1. The van der Waals surface area contributed by atoms with Gasteiger partial charge in [-0.15, -0.1) is 0 Å². The maximum absolute atomic E-state index is 12.8. The third-order valence-corrected chi connectivity index (χ3v) is 6.70. The number of carbonyl (C=O) groups excluding carboxylic acids is 1. The van der Waals surface area contributed by atoms with Gasteiger partial charge < -0.3 is 15.4 Å². The molecule has 0 saturated heterocycles. The first-order chi connectivity index (χ1) is 13.8. The number of carbonyl (C=O) groups is 1. The Bertz CT molecular complexity index is 913. The van der Waals surface area contributed by atoms with Crippen molar-refractivity contribution in [3.63, 3.8) is 0 Å². The van der Waals surface area contributed by atoms with E-state index in [1.165, 1.54) is 23.5 Å². The molecule has 0 aliphatic heterocycles. The molecule has 2 aromatic rings. The normalized spacial score (nSPS) is 12.6. The average molecular weight is 420 g/mol. The highest BCUT2D eigenvalue weighted by atomic mass is 32.2. The number of anilines is 1. The van der Waals surface area contributed by atoms with Crippen molar-refractivity contribution < 1.29 is 17.9 Å². The van der Waals surface area contributed by atoms with Gasteiger partial charge in [-0.2, -0.15) is 4.31 Å². The Morgan fingerprint density at radius 1 is 1.10 bits per heavy atom. The fourth-order valence-electron chi connectivity index (χ4n) is 2.96. The number of hydrogen-bond acceptors (Lipinski definition) is 5. The number of nitrogens with one attached hydrogen (secondary N) is 2. The van der Waals surface area contributed by atoms with Gasteiger partial charge in [-0.25, -0.2) is 8.42 Å². The van der Waals surface area contributed by atoms with Gasteiger partial charge in [0.25, 0.3) is 0 Å². The van der Waals surface area contributed by atoms with Gasteiger partial charge in [0.15, 0.2) is 0 Å². The maximum atomic E-state index is 12.8. The van der Waals surface area contributed by atoms with Gasteiger partial charge in [-0.3, -0.25) is 4.79 Å². The number of nitrogens with zero attached hydrogens (tertiary/aromatic N) is 1. The summed E-state index contributed by atoms with van der Waals surface area (Å²) in [6.45, 7) is 6.36. The minimum absolute atomic E-state index is 0.00164. The van der Waals surface area contributed by atoms with Gasteiger partial charge in [0.2, 0.25) is 15.9 Å². The molecule has 0 spiro atoms. The van der Waals surface area contributed by atoms with Crippen molar-refractivity contribution in [2.24, 2.45) is 0 Å². The molecule has 0 aliphatic rings. The third-order valence-electron chi connectivity index (χ3n) is 4.66. The van der Waals surface area contributed by atoms with Crippen LogP contribution in [0.2, 0.25) is 0 Å². The average Bonchev–Trinajstić information content (AvgIpc) is 2.73. The van der Waals surface area contributed by atoms with Crippen molar-refractivity contribution in [1.29, 1.82) is 0 Å². The molecule has 0 saturated carbocycles. The van der Waals surface area contributed by atoms with E-state index in [1.54, 1.807) is 19.9 Å². The van der Waals surface area contributed by atoms with Crippen LogP contribution in [0.5, 0.6) is 5.75 Å². The molecule has 29 heavy (non-hydrogen) atoms. The van der Waals surface area contributed by atoms with Crippen LogP contribution in [0.15, 0.2) is 53.4 Å². The van der Waals surface area contributed by atoms with Crippen LogP contribution in [0.4, 0.5) is 5.69 Å². The van der Waals surface area contributed by atoms with Gasteiger partial charge in [0.05, 0.1) is 24.2 Å². The van der Waals surface area contributed by atoms with E-state index >= 15 is 0 Å². The van der Waals surface area contributed by atoms with E-state index in [1.807, 2.05) is 37.3 Å². The molecule has 2 N–H and O–H groups in total. The predicted octanol–water partition coefficient (Wildman–Crippen LogP) is 3.02.